The number of aromatic nitrogens is 1. The molecule has 0 aliphatic rings. The smallest absolute Gasteiger partial charge is 0.305 e. The zero-order valence-corrected chi connectivity index (χ0v) is 25.4. The average molecular weight is 584 g/mol. The molecule has 0 saturated heterocycles. The first kappa shape index (κ1) is 31.0. The number of carbonyl (C=O) groups excluding carboxylic acids is 1. The summed E-state index contributed by atoms with van der Waals surface area (Å²) in [5.41, 5.74) is 7.51. The third-order valence-corrected chi connectivity index (χ3v) is 8.31. The number of hydrogen-bond donors (Lipinski definition) is 3. The molecule has 42 heavy (non-hydrogen) atoms. The molecule has 0 fully saturated rings. The number of carboxylic acids is 1. The Hall–Kier alpha value is -3.97. The Balaban J connectivity index is 1.50. The summed E-state index contributed by atoms with van der Waals surface area (Å²) in [5, 5.41) is 15.7. The maximum absolute atomic E-state index is 12.3. The van der Waals surface area contributed by atoms with E-state index in [1.54, 1.807) is 23.5 Å². The van der Waals surface area contributed by atoms with Crippen molar-refractivity contribution in [1.29, 1.82) is 0 Å². The van der Waals surface area contributed by atoms with Gasteiger partial charge in [0.1, 0.15) is 0 Å². The first-order valence-corrected chi connectivity index (χ1v) is 15.8. The Morgan fingerprint density at radius 2 is 1.36 bits per heavy atom. The van der Waals surface area contributed by atoms with E-state index < -0.39 is 5.97 Å². The number of aliphatic carboxylic acids is 1. The van der Waals surface area contributed by atoms with E-state index in [0.717, 1.165) is 39.7 Å². The number of anilines is 1. The SMILES string of the molecule is CCCCCc1ccc(-c2nc(NCc3ccc(C(=O)NCCC(=O)O)cc3)sc2-c2ccc(CCCC)cc2)cc1. The number of benzene rings is 3. The lowest BCUT2D eigenvalue weighted by molar-refractivity contribution is -0.136. The van der Waals surface area contributed by atoms with Crippen LogP contribution in [0.15, 0.2) is 72.8 Å². The Labute approximate surface area is 253 Å². The topological polar surface area (TPSA) is 91.3 Å². The van der Waals surface area contributed by atoms with Crippen molar-refractivity contribution >= 4 is 28.3 Å². The predicted octanol–water partition coefficient (Wildman–Crippen LogP) is 8.37. The fourth-order valence-electron chi connectivity index (χ4n) is 4.74. The Kier molecular flexibility index (Phi) is 11.7. The van der Waals surface area contributed by atoms with Crippen LogP contribution in [0.1, 0.15) is 79.4 Å². The quantitative estimate of drug-likeness (QED) is 0.115. The Bertz CT molecular complexity index is 1430. The standard InChI is InChI=1S/C35H41N3O3S/c1-3-5-7-9-26-10-16-28(17-11-26)32-33(29-18-12-25(13-19-29)8-6-4-2)42-35(38-32)37-24-27-14-20-30(21-15-27)34(41)36-23-22-31(39)40/h10-21H,3-9,22-24H2,1-2H3,(H,36,41)(H,37,38)(H,39,40). The van der Waals surface area contributed by atoms with Crippen molar-refractivity contribution in [3.8, 4) is 21.7 Å². The fourth-order valence-corrected chi connectivity index (χ4v) is 5.72. The number of carbonyl (C=O) groups is 2. The molecule has 0 aliphatic heterocycles. The molecule has 4 aromatic rings. The zero-order chi connectivity index (χ0) is 29.7. The summed E-state index contributed by atoms with van der Waals surface area (Å²) in [5.74, 6) is -1.21. The number of unbranched alkanes of at least 4 members (excludes halogenated alkanes) is 3. The predicted molar refractivity (Wildman–Crippen MR) is 173 cm³/mol. The molecule has 0 unspecified atom stereocenters. The van der Waals surface area contributed by atoms with Gasteiger partial charge < -0.3 is 15.7 Å². The van der Waals surface area contributed by atoms with Gasteiger partial charge in [-0.3, -0.25) is 9.59 Å². The monoisotopic (exact) mass is 583 g/mol. The second kappa shape index (κ2) is 15.9. The van der Waals surface area contributed by atoms with E-state index in [4.69, 9.17) is 10.1 Å². The van der Waals surface area contributed by atoms with Crippen molar-refractivity contribution in [2.24, 2.45) is 0 Å². The maximum atomic E-state index is 12.3. The van der Waals surface area contributed by atoms with E-state index in [0.29, 0.717) is 12.1 Å². The highest BCUT2D eigenvalue weighted by molar-refractivity contribution is 7.19. The molecule has 1 amide bonds. The van der Waals surface area contributed by atoms with Crippen LogP contribution in [0.4, 0.5) is 5.13 Å². The minimum atomic E-state index is -0.936. The van der Waals surface area contributed by atoms with E-state index in [1.807, 2.05) is 12.1 Å². The molecule has 3 aromatic carbocycles. The van der Waals surface area contributed by atoms with Gasteiger partial charge in [-0.05, 0) is 60.1 Å². The van der Waals surface area contributed by atoms with Crippen molar-refractivity contribution in [2.45, 2.75) is 71.8 Å². The second-order valence-corrected chi connectivity index (χ2v) is 11.6. The van der Waals surface area contributed by atoms with Crippen LogP contribution in [0.2, 0.25) is 0 Å². The van der Waals surface area contributed by atoms with Gasteiger partial charge in [0, 0.05) is 24.2 Å². The lowest BCUT2D eigenvalue weighted by Crippen LogP contribution is -2.25. The number of aryl methyl sites for hydroxylation is 2. The van der Waals surface area contributed by atoms with Crippen LogP contribution < -0.4 is 10.6 Å². The molecule has 0 saturated carbocycles. The molecule has 3 N–H and O–H groups in total. The maximum Gasteiger partial charge on any atom is 0.305 e. The van der Waals surface area contributed by atoms with E-state index in [2.05, 4.69) is 73.0 Å². The number of carboxylic acid groups (broad SMARTS) is 1. The summed E-state index contributed by atoms with van der Waals surface area (Å²) in [6.45, 7) is 5.13. The number of nitrogens with zero attached hydrogens (tertiary/aromatic N) is 1. The molecule has 0 aliphatic carbocycles. The Morgan fingerprint density at radius 3 is 1.98 bits per heavy atom. The first-order valence-electron chi connectivity index (χ1n) is 15.0. The molecule has 0 spiro atoms. The van der Waals surface area contributed by atoms with Gasteiger partial charge in [0.25, 0.3) is 5.91 Å². The minimum absolute atomic E-state index is 0.0996. The van der Waals surface area contributed by atoms with Crippen molar-refractivity contribution < 1.29 is 14.7 Å². The summed E-state index contributed by atoms with van der Waals surface area (Å²) in [7, 11) is 0. The molecule has 0 radical (unpaired) electrons. The zero-order valence-electron chi connectivity index (χ0n) is 24.6. The molecule has 1 aromatic heterocycles. The Morgan fingerprint density at radius 1 is 0.762 bits per heavy atom. The third kappa shape index (κ3) is 9.02. The van der Waals surface area contributed by atoms with Gasteiger partial charge >= 0.3 is 5.97 Å². The van der Waals surface area contributed by atoms with Crippen LogP contribution in [-0.4, -0.2) is 28.5 Å². The van der Waals surface area contributed by atoms with Crippen LogP contribution >= 0.6 is 11.3 Å². The van der Waals surface area contributed by atoms with Gasteiger partial charge in [-0.15, -0.1) is 0 Å². The third-order valence-electron chi connectivity index (χ3n) is 7.24. The van der Waals surface area contributed by atoms with Gasteiger partial charge in [0.15, 0.2) is 5.13 Å². The van der Waals surface area contributed by atoms with Crippen molar-refractivity contribution in [3.05, 3.63) is 95.1 Å². The van der Waals surface area contributed by atoms with Gasteiger partial charge in [0.2, 0.25) is 0 Å². The van der Waals surface area contributed by atoms with Gasteiger partial charge in [0.05, 0.1) is 17.0 Å². The highest BCUT2D eigenvalue weighted by Crippen LogP contribution is 2.39. The molecule has 4 rings (SSSR count). The lowest BCUT2D eigenvalue weighted by Gasteiger charge is -2.06. The van der Waals surface area contributed by atoms with Crippen molar-refractivity contribution in [3.63, 3.8) is 0 Å². The fraction of sp³-hybridized carbons (Fsp3) is 0.343. The number of rotatable bonds is 16. The van der Waals surface area contributed by atoms with Gasteiger partial charge in [-0.2, -0.15) is 0 Å². The molecule has 6 nitrogen and oxygen atoms in total. The number of nitrogens with one attached hydrogen (secondary N) is 2. The van der Waals surface area contributed by atoms with E-state index >= 15 is 0 Å². The van der Waals surface area contributed by atoms with Gasteiger partial charge in [-0.25, -0.2) is 4.98 Å². The summed E-state index contributed by atoms with van der Waals surface area (Å²) in [4.78, 5) is 29.1. The summed E-state index contributed by atoms with van der Waals surface area (Å²) >= 11 is 1.66. The number of amides is 1. The molecular weight excluding hydrogens is 542 g/mol. The van der Waals surface area contributed by atoms with E-state index in [1.165, 1.54) is 48.8 Å². The second-order valence-electron chi connectivity index (χ2n) is 10.6. The molecule has 0 atom stereocenters. The van der Waals surface area contributed by atoms with Gasteiger partial charge in [-0.1, -0.05) is 105 Å². The lowest BCUT2D eigenvalue weighted by atomic mass is 10.0. The van der Waals surface area contributed by atoms with Crippen LogP contribution in [0.3, 0.4) is 0 Å². The van der Waals surface area contributed by atoms with Crippen molar-refractivity contribution in [1.82, 2.24) is 10.3 Å². The van der Waals surface area contributed by atoms with Crippen LogP contribution in [0.25, 0.3) is 21.7 Å². The van der Waals surface area contributed by atoms with Crippen LogP contribution in [0.5, 0.6) is 0 Å². The summed E-state index contributed by atoms with van der Waals surface area (Å²) in [6.07, 6.45) is 8.18. The molecule has 220 valence electrons. The normalized spacial score (nSPS) is 10.9. The highest BCUT2D eigenvalue weighted by atomic mass is 32.1. The summed E-state index contributed by atoms with van der Waals surface area (Å²) in [6, 6.07) is 25.1. The molecule has 1 heterocycles. The summed E-state index contributed by atoms with van der Waals surface area (Å²) < 4.78 is 0. The number of hydrogen-bond acceptors (Lipinski definition) is 5. The van der Waals surface area contributed by atoms with Crippen LogP contribution in [-0.2, 0) is 24.2 Å². The average Bonchev–Trinajstić information content (AvgIpc) is 3.44. The van der Waals surface area contributed by atoms with E-state index in [9.17, 15) is 9.59 Å². The minimum Gasteiger partial charge on any atom is -0.481 e. The van der Waals surface area contributed by atoms with Crippen molar-refractivity contribution in [2.75, 3.05) is 11.9 Å². The largest absolute Gasteiger partial charge is 0.481 e. The molecular formula is C35H41N3O3S. The number of thiazole rings is 1. The van der Waals surface area contributed by atoms with E-state index in [-0.39, 0.29) is 18.9 Å². The van der Waals surface area contributed by atoms with Crippen LogP contribution in [0, 0.1) is 0 Å². The molecule has 0 bridgehead atoms. The highest BCUT2D eigenvalue weighted by Gasteiger charge is 2.16. The first-order chi connectivity index (χ1) is 20.5. The molecule has 7 heteroatoms.